The number of carboxylic acids is 1. The van der Waals surface area contributed by atoms with Gasteiger partial charge >= 0.3 is 5.97 Å². The van der Waals surface area contributed by atoms with Crippen LogP contribution in [0.25, 0.3) is 0 Å². The van der Waals surface area contributed by atoms with Gasteiger partial charge in [0.25, 0.3) is 0 Å². The summed E-state index contributed by atoms with van der Waals surface area (Å²) in [4.78, 5) is 14.5. The Hall–Kier alpha value is -1.59. The molecule has 0 saturated carbocycles. The average molecular weight is 266 g/mol. The van der Waals surface area contributed by atoms with Gasteiger partial charge in [-0.1, -0.05) is 12.1 Å². The van der Waals surface area contributed by atoms with Crippen LogP contribution in [-0.2, 0) is 11.3 Å². The Morgan fingerprint density at radius 2 is 1.79 bits per heavy atom. The monoisotopic (exact) mass is 266 g/mol. The van der Waals surface area contributed by atoms with Crippen molar-refractivity contribution in [3.8, 4) is 0 Å². The summed E-state index contributed by atoms with van der Waals surface area (Å²) in [5.41, 5.74) is 2.21. The normalized spacial score (nSPS) is 10.7. The van der Waals surface area contributed by atoms with Crippen molar-refractivity contribution in [1.82, 2.24) is 4.90 Å². The van der Waals surface area contributed by atoms with E-state index in [1.807, 2.05) is 48.2 Å². The largest absolute Gasteiger partial charge is 0.481 e. The van der Waals surface area contributed by atoms with E-state index in [0.717, 1.165) is 17.8 Å². The second-order valence-electron chi connectivity index (χ2n) is 4.69. The zero-order valence-electron chi connectivity index (χ0n) is 11.5. The first-order valence-corrected chi connectivity index (χ1v) is 6.34. The van der Waals surface area contributed by atoms with Crippen LogP contribution in [0.5, 0.6) is 0 Å². The minimum atomic E-state index is -0.771. The average Bonchev–Trinajstić information content (AvgIpc) is 2.37. The predicted octanol–water partition coefficient (Wildman–Crippen LogP) is 1.02. The van der Waals surface area contributed by atoms with Crippen molar-refractivity contribution in [2.75, 3.05) is 38.7 Å². The summed E-state index contributed by atoms with van der Waals surface area (Å²) in [5.74, 6) is -0.771. The van der Waals surface area contributed by atoms with Crippen LogP contribution in [0.3, 0.4) is 0 Å². The molecule has 1 aromatic rings. The van der Waals surface area contributed by atoms with Crippen LogP contribution in [0.4, 0.5) is 5.69 Å². The highest BCUT2D eigenvalue weighted by atomic mass is 16.4. The van der Waals surface area contributed by atoms with Crippen molar-refractivity contribution in [2.24, 2.45) is 0 Å². The Morgan fingerprint density at radius 3 is 2.32 bits per heavy atom. The maximum Gasteiger partial charge on any atom is 0.304 e. The lowest BCUT2D eigenvalue weighted by atomic mass is 10.2. The zero-order chi connectivity index (χ0) is 14.3. The predicted molar refractivity (Wildman–Crippen MR) is 75.4 cm³/mol. The number of benzene rings is 1. The number of anilines is 1. The van der Waals surface area contributed by atoms with E-state index in [-0.39, 0.29) is 13.0 Å². The number of hydrogen-bond acceptors (Lipinski definition) is 4. The van der Waals surface area contributed by atoms with Crippen molar-refractivity contribution in [3.63, 3.8) is 0 Å². The molecule has 0 heterocycles. The first kappa shape index (κ1) is 15.5. The van der Waals surface area contributed by atoms with Crippen LogP contribution in [0.1, 0.15) is 12.0 Å². The van der Waals surface area contributed by atoms with E-state index in [9.17, 15) is 4.79 Å². The smallest absolute Gasteiger partial charge is 0.304 e. The van der Waals surface area contributed by atoms with Gasteiger partial charge in [-0.15, -0.1) is 0 Å². The molecule has 5 heteroatoms. The fourth-order valence-electron chi connectivity index (χ4n) is 1.81. The highest BCUT2D eigenvalue weighted by Crippen LogP contribution is 2.14. The Balaban J connectivity index is 2.49. The lowest BCUT2D eigenvalue weighted by Gasteiger charge is -2.19. The Labute approximate surface area is 114 Å². The molecule has 0 saturated heterocycles. The fraction of sp³-hybridized carbons (Fsp3) is 0.500. The molecule has 0 fully saturated rings. The molecule has 0 unspecified atom stereocenters. The van der Waals surface area contributed by atoms with Crippen molar-refractivity contribution in [2.45, 2.75) is 13.0 Å². The summed E-state index contributed by atoms with van der Waals surface area (Å²) in [6.07, 6.45) is 0.161. The van der Waals surface area contributed by atoms with Crippen LogP contribution >= 0.6 is 0 Å². The number of rotatable bonds is 8. The molecule has 0 atom stereocenters. The number of hydrogen-bond donors (Lipinski definition) is 2. The summed E-state index contributed by atoms with van der Waals surface area (Å²) in [6, 6.07) is 8.08. The van der Waals surface area contributed by atoms with Crippen molar-refractivity contribution >= 4 is 11.7 Å². The van der Waals surface area contributed by atoms with Gasteiger partial charge in [-0.2, -0.15) is 0 Å². The van der Waals surface area contributed by atoms with Crippen LogP contribution in [0, 0.1) is 0 Å². The number of carbonyl (C=O) groups is 1. The molecule has 0 aliphatic carbocycles. The quantitative estimate of drug-likeness (QED) is 0.735. The number of aliphatic carboxylic acids is 1. The highest BCUT2D eigenvalue weighted by Gasteiger charge is 2.04. The molecule has 0 spiro atoms. The lowest BCUT2D eigenvalue weighted by Crippen LogP contribution is -2.22. The van der Waals surface area contributed by atoms with Crippen LogP contribution in [0.2, 0.25) is 0 Å². The highest BCUT2D eigenvalue weighted by molar-refractivity contribution is 5.66. The molecule has 1 aromatic carbocycles. The van der Waals surface area contributed by atoms with Gasteiger partial charge in [0.15, 0.2) is 0 Å². The first-order valence-electron chi connectivity index (χ1n) is 6.34. The molecule has 0 radical (unpaired) electrons. The lowest BCUT2D eigenvalue weighted by molar-refractivity contribution is -0.137. The van der Waals surface area contributed by atoms with E-state index in [0.29, 0.717) is 13.1 Å². The molecule has 0 amide bonds. The van der Waals surface area contributed by atoms with Crippen LogP contribution in [-0.4, -0.2) is 54.9 Å². The molecule has 5 nitrogen and oxygen atoms in total. The van der Waals surface area contributed by atoms with E-state index in [1.165, 1.54) is 0 Å². The van der Waals surface area contributed by atoms with Gasteiger partial charge < -0.3 is 20.0 Å². The van der Waals surface area contributed by atoms with E-state index in [1.54, 1.807) is 0 Å². The van der Waals surface area contributed by atoms with Gasteiger partial charge in [-0.25, -0.2) is 0 Å². The molecule has 0 aliphatic heterocycles. The minimum absolute atomic E-state index is 0.135. The maximum atomic E-state index is 10.5. The molecular weight excluding hydrogens is 244 g/mol. The SMILES string of the molecule is CN(CCC(=O)O)Cc1ccc(N(C)CCO)cc1. The molecule has 19 heavy (non-hydrogen) atoms. The summed E-state index contributed by atoms with van der Waals surface area (Å²) < 4.78 is 0. The summed E-state index contributed by atoms with van der Waals surface area (Å²) in [5, 5.41) is 17.5. The van der Waals surface area contributed by atoms with Gasteiger partial charge in [0.05, 0.1) is 13.0 Å². The number of aliphatic hydroxyl groups is 1. The first-order chi connectivity index (χ1) is 9.02. The minimum Gasteiger partial charge on any atom is -0.481 e. The molecule has 0 aliphatic rings. The summed E-state index contributed by atoms with van der Waals surface area (Å²) >= 11 is 0. The third-order valence-corrected chi connectivity index (χ3v) is 2.97. The van der Waals surface area contributed by atoms with E-state index >= 15 is 0 Å². The third-order valence-electron chi connectivity index (χ3n) is 2.97. The number of aliphatic hydroxyl groups excluding tert-OH is 1. The molecule has 0 aromatic heterocycles. The van der Waals surface area contributed by atoms with Gasteiger partial charge in [0.2, 0.25) is 0 Å². The summed E-state index contributed by atoms with van der Waals surface area (Å²) in [7, 11) is 3.85. The molecule has 0 bridgehead atoms. The van der Waals surface area contributed by atoms with E-state index < -0.39 is 5.97 Å². The third kappa shape index (κ3) is 5.72. The number of nitrogens with zero attached hydrogens (tertiary/aromatic N) is 2. The van der Waals surface area contributed by atoms with Gasteiger partial charge in [0.1, 0.15) is 0 Å². The Morgan fingerprint density at radius 1 is 1.16 bits per heavy atom. The van der Waals surface area contributed by atoms with Gasteiger partial charge in [0, 0.05) is 32.4 Å². The molecule has 106 valence electrons. The molecular formula is C14H22N2O3. The van der Waals surface area contributed by atoms with Crippen LogP contribution < -0.4 is 4.90 Å². The van der Waals surface area contributed by atoms with Crippen LogP contribution in [0.15, 0.2) is 24.3 Å². The molecule has 2 N–H and O–H groups in total. The van der Waals surface area contributed by atoms with Gasteiger partial charge in [-0.05, 0) is 24.7 Å². The van der Waals surface area contributed by atoms with Gasteiger partial charge in [-0.3, -0.25) is 4.79 Å². The Kier molecular flexibility index (Phi) is 6.32. The van der Waals surface area contributed by atoms with E-state index in [2.05, 4.69) is 0 Å². The van der Waals surface area contributed by atoms with Crippen molar-refractivity contribution < 1.29 is 15.0 Å². The zero-order valence-corrected chi connectivity index (χ0v) is 11.5. The standard InChI is InChI=1S/C14H22N2O3/c1-15(8-7-14(18)19)11-12-3-5-13(6-4-12)16(2)9-10-17/h3-6,17H,7-11H2,1-2H3,(H,18,19). The Bertz CT molecular complexity index is 392. The molecule has 1 rings (SSSR count). The van der Waals surface area contributed by atoms with E-state index in [4.69, 9.17) is 10.2 Å². The second-order valence-corrected chi connectivity index (χ2v) is 4.69. The fourth-order valence-corrected chi connectivity index (χ4v) is 1.81. The number of carboxylic acid groups (broad SMARTS) is 1. The van der Waals surface area contributed by atoms with Crippen molar-refractivity contribution in [3.05, 3.63) is 29.8 Å². The number of likely N-dealkylation sites (N-methyl/N-ethyl adjacent to an activating group) is 1. The topological polar surface area (TPSA) is 64.0 Å². The summed E-state index contributed by atoms with van der Waals surface area (Å²) in [6.45, 7) is 2.02. The second kappa shape index (κ2) is 7.76. The van der Waals surface area contributed by atoms with Crippen molar-refractivity contribution in [1.29, 1.82) is 0 Å². The maximum absolute atomic E-state index is 10.5.